The molecule has 0 aromatic heterocycles. The van der Waals surface area contributed by atoms with E-state index in [4.69, 9.17) is 9.47 Å². The first-order chi connectivity index (χ1) is 11.7. The molecular weight excluding hydrogens is 306 g/mol. The average molecular weight is 333 g/mol. The maximum absolute atomic E-state index is 12.8. The Labute approximate surface area is 143 Å². The minimum atomic E-state index is -0.301. The third-order valence-electron chi connectivity index (χ3n) is 5.27. The molecule has 1 aliphatic heterocycles. The Morgan fingerprint density at radius 3 is 3.04 bits per heavy atom. The van der Waals surface area contributed by atoms with E-state index in [0.717, 1.165) is 30.6 Å². The summed E-state index contributed by atoms with van der Waals surface area (Å²) < 4.78 is 10.8. The summed E-state index contributed by atoms with van der Waals surface area (Å²) >= 11 is 0. The molecule has 0 radical (unpaired) electrons. The van der Waals surface area contributed by atoms with Gasteiger partial charge in [0, 0.05) is 18.9 Å². The SMILES string of the molecule is COc1cccc(CCC(=O)N2CCOC[C@@H]2[C@H]2CCC[C@H]2O)c1. The number of amides is 1. The van der Waals surface area contributed by atoms with Gasteiger partial charge in [0.15, 0.2) is 0 Å². The first kappa shape index (κ1) is 17.2. The highest BCUT2D eigenvalue weighted by molar-refractivity contribution is 5.77. The van der Waals surface area contributed by atoms with Crippen molar-refractivity contribution < 1.29 is 19.4 Å². The van der Waals surface area contributed by atoms with Crippen LogP contribution >= 0.6 is 0 Å². The molecule has 132 valence electrons. The van der Waals surface area contributed by atoms with Gasteiger partial charge in [-0.2, -0.15) is 0 Å². The summed E-state index contributed by atoms with van der Waals surface area (Å²) in [7, 11) is 1.65. The summed E-state index contributed by atoms with van der Waals surface area (Å²) in [5.41, 5.74) is 1.11. The number of methoxy groups -OCH3 is 1. The van der Waals surface area contributed by atoms with Crippen LogP contribution in [-0.4, -0.2) is 54.9 Å². The molecule has 1 saturated carbocycles. The van der Waals surface area contributed by atoms with Crippen molar-refractivity contribution in [2.24, 2.45) is 5.92 Å². The topological polar surface area (TPSA) is 59.0 Å². The fourth-order valence-corrected chi connectivity index (χ4v) is 3.93. The number of aryl methyl sites for hydroxylation is 1. The Bertz CT molecular complexity index is 562. The molecule has 1 N–H and O–H groups in total. The van der Waals surface area contributed by atoms with Crippen molar-refractivity contribution in [1.29, 1.82) is 0 Å². The van der Waals surface area contributed by atoms with Gasteiger partial charge in [-0.1, -0.05) is 18.6 Å². The lowest BCUT2D eigenvalue weighted by Crippen LogP contribution is -2.53. The summed E-state index contributed by atoms with van der Waals surface area (Å²) in [6, 6.07) is 7.88. The van der Waals surface area contributed by atoms with Crippen LogP contribution in [0.2, 0.25) is 0 Å². The average Bonchev–Trinajstić information content (AvgIpc) is 3.05. The summed E-state index contributed by atoms with van der Waals surface area (Å²) in [5.74, 6) is 1.13. The van der Waals surface area contributed by atoms with E-state index < -0.39 is 0 Å². The van der Waals surface area contributed by atoms with Crippen LogP contribution in [0.25, 0.3) is 0 Å². The largest absolute Gasteiger partial charge is 0.497 e. The van der Waals surface area contributed by atoms with Crippen molar-refractivity contribution in [3.8, 4) is 5.75 Å². The van der Waals surface area contributed by atoms with E-state index in [1.54, 1.807) is 7.11 Å². The van der Waals surface area contributed by atoms with Gasteiger partial charge in [-0.25, -0.2) is 0 Å². The molecule has 1 amide bonds. The van der Waals surface area contributed by atoms with E-state index in [1.807, 2.05) is 29.2 Å². The van der Waals surface area contributed by atoms with E-state index in [-0.39, 0.29) is 24.0 Å². The Kier molecular flexibility index (Phi) is 5.74. The number of ether oxygens (including phenoxy) is 2. The number of hydrogen-bond acceptors (Lipinski definition) is 4. The summed E-state index contributed by atoms with van der Waals surface area (Å²) in [4.78, 5) is 14.7. The molecule has 0 spiro atoms. The number of aliphatic hydroxyl groups is 1. The molecule has 1 aromatic rings. The standard InChI is InChI=1S/C19H27NO4/c1-23-15-5-2-4-14(12-15)8-9-19(22)20-10-11-24-13-17(20)16-6-3-7-18(16)21/h2,4-5,12,16-18,21H,3,6-11,13H2,1H3/t16-,17-,18-/m1/s1. The smallest absolute Gasteiger partial charge is 0.223 e. The Morgan fingerprint density at radius 1 is 1.42 bits per heavy atom. The molecule has 24 heavy (non-hydrogen) atoms. The summed E-state index contributed by atoms with van der Waals surface area (Å²) in [6.45, 7) is 1.77. The predicted molar refractivity (Wildman–Crippen MR) is 91.0 cm³/mol. The summed E-state index contributed by atoms with van der Waals surface area (Å²) in [5, 5.41) is 10.2. The highest BCUT2D eigenvalue weighted by Gasteiger charge is 2.39. The van der Waals surface area contributed by atoms with E-state index in [2.05, 4.69) is 0 Å². The Hall–Kier alpha value is -1.59. The molecule has 5 heteroatoms. The maximum atomic E-state index is 12.8. The molecule has 3 rings (SSSR count). The van der Waals surface area contributed by atoms with Crippen LogP contribution in [0.3, 0.4) is 0 Å². The van der Waals surface area contributed by atoms with Crippen molar-refractivity contribution in [2.75, 3.05) is 26.9 Å². The highest BCUT2D eigenvalue weighted by atomic mass is 16.5. The molecule has 1 heterocycles. The zero-order chi connectivity index (χ0) is 16.9. The lowest BCUT2D eigenvalue weighted by atomic mass is 9.93. The van der Waals surface area contributed by atoms with E-state index >= 15 is 0 Å². The van der Waals surface area contributed by atoms with Crippen molar-refractivity contribution in [3.05, 3.63) is 29.8 Å². The number of benzene rings is 1. The molecular formula is C19H27NO4. The quantitative estimate of drug-likeness (QED) is 0.895. The molecule has 2 aliphatic rings. The lowest BCUT2D eigenvalue weighted by molar-refractivity contribution is -0.143. The van der Waals surface area contributed by atoms with Crippen LogP contribution in [0.1, 0.15) is 31.2 Å². The first-order valence-corrected chi connectivity index (χ1v) is 8.87. The first-order valence-electron chi connectivity index (χ1n) is 8.87. The maximum Gasteiger partial charge on any atom is 0.223 e. The van der Waals surface area contributed by atoms with Crippen molar-refractivity contribution in [1.82, 2.24) is 4.90 Å². The van der Waals surface area contributed by atoms with Gasteiger partial charge in [-0.15, -0.1) is 0 Å². The number of nitrogens with zero attached hydrogens (tertiary/aromatic N) is 1. The Morgan fingerprint density at radius 2 is 2.29 bits per heavy atom. The minimum Gasteiger partial charge on any atom is -0.497 e. The van der Waals surface area contributed by atoms with Crippen molar-refractivity contribution in [2.45, 2.75) is 44.2 Å². The monoisotopic (exact) mass is 333 g/mol. The van der Waals surface area contributed by atoms with Crippen LogP contribution in [0.5, 0.6) is 5.75 Å². The zero-order valence-corrected chi connectivity index (χ0v) is 14.3. The molecule has 0 unspecified atom stereocenters. The number of rotatable bonds is 5. The number of carbonyl (C=O) groups is 1. The van der Waals surface area contributed by atoms with Crippen LogP contribution in [0.15, 0.2) is 24.3 Å². The third kappa shape index (κ3) is 3.90. The van der Waals surface area contributed by atoms with Crippen molar-refractivity contribution >= 4 is 5.91 Å². The van der Waals surface area contributed by atoms with Crippen LogP contribution < -0.4 is 4.74 Å². The normalized spacial score (nSPS) is 27.2. The minimum absolute atomic E-state index is 0.0223. The molecule has 1 saturated heterocycles. The predicted octanol–water partition coefficient (Wildman–Crippen LogP) is 2.02. The zero-order valence-electron chi connectivity index (χ0n) is 14.3. The van der Waals surface area contributed by atoms with E-state index in [0.29, 0.717) is 32.6 Å². The number of carbonyl (C=O) groups excluding carboxylic acids is 1. The van der Waals surface area contributed by atoms with Gasteiger partial charge in [0.2, 0.25) is 5.91 Å². The molecule has 1 aliphatic carbocycles. The van der Waals surface area contributed by atoms with Gasteiger partial charge < -0.3 is 19.5 Å². The van der Waals surface area contributed by atoms with Gasteiger partial charge in [-0.05, 0) is 37.0 Å². The van der Waals surface area contributed by atoms with Gasteiger partial charge in [0.1, 0.15) is 5.75 Å². The molecule has 2 fully saturated rings. The summed E-state index contributed by atoms with van der Waals surface area (Å²) in [6.07, 6.45) is 3.74. The number of morpholine rings is 1. The second kappa shape index (κ2) is 7.99. The highest BCUT2D eigenvalue weighted by Crippen LogP contribution is 2.32. The van der Waals surface area contributed by atoms with E-state index in [9.17, 15) is 9.90 Å². The fraction of sp³-hybridized carbons (Fsp3) is 0.632. The fourth-order valence-electron chi connectivity index (χ4n) is 3.93. The van der Waals surface area contributed by atoms with Gasteiger partial charge in [-0.3, -0.25) is 4.79 Å². The number of hydrogen-bond donors (Lipinski definition) is 1. The van der Waals surface area contributed by atoms with E-state index in [1.165, 1.54) is 0 Å². The Balaban J connectivity index is 1.61. The van der Waals surface area contributed by atoms with Gasteiger partial charge >= 0.3 is 0 Å². The van der Waals surface area contributed by atoms with Gasteiger partial charge in [0.05, 0.1) is 32.5 Å². The molecule has 0 bridgehead atoms. The van der Waals surface area contributed by atoms with Crippen LogP contribution in [0, 0.1) is 5.92 Å². The number of aliphatic hydroxyl groups excluding tert-OH is 1. The van der Waals surface area contributed by atoms with Gasteiger partial charge in [0.25, 0.3) is 0 Å². The molecule has 1 aromatic carbocycles. The van der Waals surface area contributed by atoms with Crippen molar-refractivity contribution in [3.63, 3.8) is 0 Å². The molecule has 5 nitrogen and oxygen atoms in total. The second-order valence-electron chi connectivity index (χ2n) is 6.74. The second-order valence-corrected chi connectivity index (χ2v) is 6.74. The van der Waals surface area contributed by atoms with Crippen LogP contribution in [-0.2, 0) is 16.0 Å². The lowest BCUT2D eigenvalue weighted by Gasteiger charge is -2.40. The molecule has 3 atom stereocenters. The van der Waals surface area contributed by atoms with Crippen LogP contribution in [0.4, 0.5) is 0 Å². The third-order valence-corrected chi connectivity index (χ3v) is 5.27.